The van der Waals surface area contributed by atoms with Gasteiger partial charge in [0.1, 0.15) is 0 Å². The van der Waals surface area contributed by atoms with Crippen molar-refractivity contribution in [3.05, 3.63) is 63.6 Å². The maximum atomic E-state index is 12.9. The van der Waals surface area contributed by atoms with Crippen LogP contribution in [0.15, 0.2) is 46.9 Å². The van der Waals surface area contributed by atoms with Crippen LogP contribution in [0, 0.1) is 12.8 Å². The van der Waals surface area contributed by atoms with Crippen molar-refractivity contribution in [2.75, 3.05) is 11.9 Å². The Morgan fingerprint density at radius 2 is 1.97 bits per heavy atom. The quantitative estimate of drug-likeness (QED) is 0.661. The van der Waals surface area contributed by atoms with Gasteiger partial charge in [0, 0.05) is 34.2 Å². The number of amides is 2. The molecule has 2 amide bonds. The minimum absolute atomic E-state index is 0.0132. The van der Waals surface area contributed by atoms with Gasteiger partial charge in [0.05, 0.1) is 0 Å². The molecule has 152 valence electrons. The molecule has 0 bridgehead atoms. The number of nitrogens with zero attached hydrogens (tertiary/aromatic N) is 1. The molecule has 2 aromatic carbocycles. The summed E-state index contributed by atoms with van der Waals surface area (Å²) in [5, 5.41) is 3.07. The van der Waals surface area contributed by atoms with Crippen molar-refractivity contribution in [1.29, 1.82) is 0 Å². The van der Waals surface area contributed by atoms with Crippen molar-refractivity contribution in [1.82, 2.24) is 4.90 Å². The van der Waals surface area contributed by atoms with Crippen molar-refractivity contribution < 1.29 is 9.59 Å². The number of hydrogen-bond donors (Lipinski definition) is 1. The normalized spacial score (nSPS) is 23.6. The summed E-state index contributed by atoms with van der Waals surface area (Å²) < 4.78 is 1.04. The lowest BCUT2D eigenvalue weighted by Crippen LogP contribution is -2.42. The molecule has 2 aliphatic rings. The van der Waals surface area contributed by atoms with E-state index in [2.05, 4.69) is 40.3 Å². The highest BCUT2D eigenvalue weighted by atomic mass is 79.9. The van der Waals surface area contributed by atoms with E-state index < -0.39 is 0 Å². The van der Waals surface area contributed by atoms with Gasteiger partial charge in [0.25, 0.3) is 5.91 Å². The van der Waals surface area contributed by atoms with E-state index in [4.69, 9.17) is 0 Å². The number of benzene rings is 2. The van der Waals surface area contributed by atoms with Crippen LogP contribution < -0.4 is 5.32 Å². The second-order valence-corrected chi connectivity index (χ2v) is 9.28. The van der Waals surface area contributed by atoms with Crippen LogP contribution in [0.2, 0.25) is 0 Å². The van der Waals surface area contributed by atoms with E-state index in [9.17, 15) is 9.59 Å². The zero-order chi connectivity index (χ0) is 20.5. The van der Waals surface area contributed by atoms with Crippen LogP contribution in [0.5, 0.6) is 0 Å². The lowest BCUT2D eigenvalue weighted by Gasteiger charge is -2.33. The van der Waals surface area contributed by atoms with Gasteiger partial charge < -0.3 is 10.2 Å². The molecule has 4 nitrogen and oxygen atoms in total. The van der Waals surface area contributed by atoms with Crippen LogP contribution in [-0.4, -0.2) is 29.3 Å². The second kappa shape index (κ2) is 8.31. The van der Waals surface area contributed by atoms with Gasteiger partial charge in [-0.3, -0.25) is 9.59 Å². The maximum absolute atomic E-state index is 12.9. The summed E-state index contributed by atoms with van der Waals surface area (Å²) in [5.74, 6) is 0.449. The number of carbonyl (C=O) groups is 2. The molecule has 0 aromatic heterocycles. The number of hydrogen-bond acceptors (Lipinski definition) is 2. The third-order valence-corrected chi connectivity index (χ3v) is 6.69. The van der Waals surface area contributed by atoms with Crippen LogP contribution in [0.4, 0.5) is 5.69 Å². The number of carbonyl (C=O) groups excluding carboxylic acids is 2. The Labute approximate surface area is 180 Å². The average molecular weight is 455 g/mol. The Bertz CT molecular complexity index is 942. The molecule has 1 saturated heterocycles. The summed E-state index contributed by atoms with van der Waals surface area (Å²) in [6, 6.07) is 14.1. The summed E-state index contributed by atoms with van der Waals surface area (Å²) in [7, 11) is 0. The van der Waals surface area contributed by atoms with E-state index in [1.54, 1.807) is 0 Å². The molecule has 29 heavy (non-hydrogen) atoms. The first-order valence-electron chi connectivity index (χ1n) is 10.4. The molecule has 0 spiro atoms. The molecular weight excluding hydrogens is 428 g/mol. The van der Waals surface area contributed by atoms with E-state index in [1.165, 1.54) is 12.0 Å². The number of aryl methyl sites for hydroxylation is 1. The number of anilines is 1. The van der Waals surface area contributed by atoms with Crippen molar-refractivity contribution in [3.8, 4) is 0 Å². The Hall–Kier alpha value is -2.14. The minimum atomic E-state index is 0.0132. The van der Waals surface area contributed by atoms with Crippen LogP contribution in [0.3, 0.4) is 0 Å². The molecule has 0 radical (unpaired) electrons. The molecular formula is C24H27BrN2O2. The van der Waals surface area contributed by atoms with Crippen LogP contribution in [0.1, 0.15) is 60.0 Å². The Balaban J connectivity index is 1.41. The first-order valence-corrected chi connectivity index (χ1v) is 11.2. The van der Waals surface area contributed by atoms with E-state index in [0.717, 1.165) is 41.5 Å². The predicted molar refractivity (Wildman–Crippen MR) is 119 cm³/mol. The Kier molecular flexibility index (Phi) is 5.77. The van der Waals surface area contributed by atoms with Gasteiger partial charge >= 0.3 is 0 Å². The summed E-state index contributed by atoms with van der Waals surface area (Å²) in [6.45, 7) is 4.90. The van der Waals surface area contributed by atoms with Gasteiger partial charge in [-0.25, -0.2) is 0 Å². The lowest BCUT2D eigenvalue weighted by atomic mass is 10.0. The second-order valence-electron chi connectivity index (χ2n) is 8.37. The van der Waals surface area contributed by atoms with Gasteiger partial charge in [0.15, 0.2) is 0 Å². The molecule has 1 aliphatic heterocycles. The molecule has 5 heteroatoms. The zero-order valence-corrected chi connectivity index (χ0v) is 18.5. The smallest absolute Gasteiger partial charge is 0.254 e. The molecule has 2 fully saturated rings. The third kappa shape index (κ3) is 4.40. The molecule has 1 heterocycles. The van der Waals surface area contributed by atoms with Gasteiger partial charge in [-0.15, -0.1) is 0 Å². The van der Waals surface area contributed by atoms with E-state index in [-0.39, 0.29) is 23.7 Å². The summed E-state index contributed by atoms with van der Waals surface area (Å²) in [5.41, 5.74) is 3.62. The third-order valence-electron chi connectivity index (χ3n) is 6.20. The monoisotopic (exact) mass is 454 g/mol. The maximum Gasteiger partial charge on any atom is 0.254 e. The number of likely N-dealkylation sites (tertiary alicyclic amines) is 1. The Morgan fingerprint density at radius 1 is 1.14 bits per heavy atom. The van der Waals surface area contributed by atoms with Crippen molar-refractivity contribution >= 4 is 33.4 Å². The Morgan fingerprint density at radius 3 is 2.69 bits per heavy atom. The number of halogens is 1. The SMILES string of the molecule is Cc1cc(C(=O)N2CCCCC2C)ccc1NC(=O)C1CC1c1cccc(Br)c1. The standard InChI is InChI=1S/C24H27BrN2O2/c1-15-12-18(24(29)27-11-4-3-6-16(27)2)9-10-22(15)26-23(28)21-14-20(21)17-7-5-8-19(25)13-17/h5,7-10,12-13,16,20-21H,3-4,6,11,14H2,1-2H3,(H,26,28). The molecule has 3 unspecified atom stereocenters. The fraction of sp³-hybridized carbons (Fsp3) is 0.417. The summed E-state index contributed by atoms with van der Waals surface area (Å²) >= 11 is 3.50. The van der Waals surface area contributed by atoms with Crippen molar-refractivity contribution in [2.45, 2.75) is 51.5 Å². The highest BCUT2D eigenvalue weighted by molar-refractivity contribution is 9.10. The van der Waals surface area contributed by atoms with Crippen molar-refractivity contribution in [3.63, 3.8) is 0 Å². The highest BCUT2D eigenvalue weighted by Crippen LogP contribution is 2.48. The van der Waals surface area contributed by atoms with Crippen LogP contribution >= 0.6 is 15.9 Å². The van der Waals surface area contributed by atoms with Crippen LogP contribution in [0.25, 0.3) is 0 Å². The largest absolute Gasteiger partial charge is 0.336 e. The molecule has 1 saturated carbocycles. The van der Waals surface area contributed by atoms with Gasteiger partial charge in [-0.1, -0.05) is 28.1 Å². The molecule has 2 aromatic rings. The number of piperidine rings is 1. The average Bonchev–Trinajstić information content (AvgIpc) is 3.50. The van der Waals surface area contributed by atoms with Gasteiger partial charge in [-0.05, 0) is 86.9 Å². The summed E-state index contributed by atoms with van der Waals surface area (Å²) in [4.78, 5) is 27.6. The molecule has 4 rings (SSSR count). The van der Waals surface area contributed by atoms with Crippen LogP contribution in [-0.2, 0) is 4.79 Å². The molecule has 3 atom stereocenters. The van der Waals surface area contributed by atoms with Crippen molar-refractivity contribution in [2.24, 2.45) is 5.92 Å². The lowest BCUT2D eigenvalue weighted by molar-refractivity contribution is -0.117. The van der Waals surface area contributed by atoms with E-state index >= 15 is 0 Å². The number of nitrogens with one attached hydrogen (secondary N) is 1. The summed E-state index contributed by atoms with van der Waals surface area (Å²) in [6.07, 6.45) is 4.21. The first kappa shape index (κ1) is 20.1. The van der Waals surface area contributed by atoms with E-state index in [1.807, 2.05) is 42.2 Å². The highest BCUT2D eigenvalue weighted by Gasteiger charge is 2.44. The van der Waals surface area contributed by atoms with E-state index in [0.29, 0.717) is 11.6 Å². The molecule has 1 aliphatic carbocycles. The fourth-order valence-corrected chi connectivity index (χ4v) is 4.74. The van der Waals surface area contributed by atoms with Gasteiger partial charge in [-0.2, -0.15) is 0 Å². The minimum Gasteiger partial charge on any atom is -0.336 e. The fourth-order valence-electron chi connectivity index (χ4n) is 4.32. The molecule has 1 N–H and O–H groups in total. The topological polar surface area (TPSA) is 49.4 Å². The first-order chi connectivity index (χ1) is 13.9. The van der Waals surface area contributed by atoms with Gasteiger partial charge in [0.2, 0.25) is 5.91 Å². The predicted octanol–water partition coefficient (Wildman–Crippen LogP) is 5.51. The number of rotatable bonds is 4. The zero-order valence-electron chi connectivity index (χ0n) is 17.0.